The van der Waals surface area contributed by atoms with Gasteiger partial charge in [-0.05, 0) is 80.1 Å². The second kappa shape index (κ2) is 11.6. The Morgan fingerprint density at radius 1 is 0.778 bits per heavy atom. The first-order chi connectivity index (χ1) is 17.5. The molecule has 0 aliphatic heterocycles. The molecule has 0 radical (unpaired) electrons. The molecule has 4 aromatic rings. The number of benzene rings is 4. The van der Waals surface area contributed by atoms with Gasteiger partial charge in [0.05, 0.1) is 35.6 Å². The van der Waals surface area contributed by atoms with Gasteiger partial charge in [-0.3, -0.25) is 4.79 Å². The van der Waals surface area contributed by atoms with Crippen LogP contribution >= 0.6 is 0 Å². The van der Waals surface area contributed by atoms with Crippen LogP contribution in [0.15, 0.2) is 124 Å². The molecule has 0 saturated carbocycles. The fourth-order valence-corrected chi connectivity index (χ4v) is 5.87. The molecule has 5 heteroatoms. The monoisotopic (exact) mass is 494 g/mol. The van der Waals surface area contributed by atoms with Crippen LogP contribution in [0.4, 0.5) is 0 Å². The first kappa shape index (κ1) is 25.1. The van der Waals surface area contributed by atoms with Gasteiger partial charge in [-0.25, -0.2) is 0 Å². The van der Waals surface area contributed by atoms with Crippen molar-refractivity contribution in [2.75, 3.05) is 6.61 Å². The van der Waals surface area contributed by atoms with Gasteiger partial charge in [0.2, 0.25) is 0 Å². The first-order valence-electron chi connectivity index (χ1n) is 11.8. The zero-order valence-electron chi connectivity index (χ0n) is 20.4. The summed E-state index contributed by atoms with van der Waals surface area (Å²) in [5.74, 6) is 0.373. The third-order valence-corrected chi connectivity index (χ3v) is 7.90. The van der Waals surface area contributed by atoms with Gasteiger partial charge in [-0.2, -0.15) is 5.26 Å². The molecule has 0 fully saturated rings. The number of ether oxygens (including phenoxy) is 2. The summed E-state index contributed by atoms with van der Waals surface area (Å²) in [6, 6.07) is 38.2. The molecular weight excluding hydrogens is 466 g/mol. The van der Waals surface area contributed by atoms with Crippen molar-refractivity contribution < 1.29 is 14.3 Å². The fraction of sp³-hybridized carbons (Fsp3) is 0.161. The van der Waals surface area contributed by atoms with E-state index in [1.807, 2.05) is 50.2 Å². The van der Waals surface area contributed by atoms with Crippen molar-refractivity contribution in [1.82, 2.24) is 0 Å². The molecule has 0 amide bonds. The largest absolute Gasteiger partial charge is 0.493 e. The molecular formula is C31H28NO3S+. The van der Waals surface area contributed by atoms with Gasteiger partial charge in [-0.15, -0.1) is 0 Å². The molecule has 0 heterocycles. The lowest BCUT2D eigenvalue weighted by molar-refractivity contribution is -0.158. The molecule has 4 rings (SSSR count). The Labute approximate surface area is 215 Å². The van der Waals surface area contributed by atoms with Gasteiger partial charge >= 0.3 is 5.97 Å². The minimum atomic E-state index is -0.794. The maximum Gasteiger partial charge on any atom is 0.310 e. The van der Waals surface area contributed by atoms with Crippen LogP contribution in [0.3, 0.4) is 0 Å². The standard InChI is InChI=1S/C31H28NO3S/c1-31(2,25-15-13-24(23-32)14-16-25)35-30(33)21-22-34-26-17-19-29(20-18-26)36(27-9-5-3-6-10-27)28-11-7-4-8-12-28/h3-20H,21-22H2,1-2H3/q+1. The number of carbonyl (C=O) groups is 1. The quantitative estimate of drug-likeness (QED) is 0.188. The van der Waals surface area contributed by atoms with Crippen LogP contribution in [0, 0.1) is 11.3 Å². The van der Waals surface area contributed by atoms with Gasteiger partial charge in [0.25, 0.3) is 0 Å². The van der Waals surface area contributed by atoms with Crippen molar-refractivity contribution in [2.24, 2.45) is 0 Å². The summed E-state index contributed by atoms with van der Waals surface area (Å²) in [5.41, 5.74) is 0.607. The summed E-state index contributed by atoms with van der Waals surface area (Å²) >= 11 is 0. The van der Waals surface area contributed by atoms with Gasteiger partial charge in [0.1, 0.15) is 11.4 Å². The highest BCUT2D eigenvalue weighted by Gasteiger charge is 2.28. The highest BCUT2D eigenvalue weighted by Crippen LogP contribution is 2.32. The van der Waals surface area contributed by atoms with Crippen LogP contribution in [-0.4, -0.2) is 12.6 Å². The van der Waals surface area contributed by atoms with Crippen LogP contribution in [0.2, 0.25) is 0 Å². The zero-order valence-corrected chi connectivity index (χ0v) is 21.2. The number of rotatable bonds is 9. The van der Waals surface area contributed by atoms with Gasteiger partial charge in [0, 0.05) is 0 Å². The maximum absolute atomic E-state index is 12.4. The third-order valence-electron chi connectivity index (χ3n) is 5.67. The van der Waals surface area contributed by atoms with E-state index in [1.165, 1.54) is 14.7 Å². The van der Waals surface area contributed by atoms with E-state index in [4.69, 9.17) is 14.7 Å². The van der Waals surface area contributed by atoms with Crippen LogP contribution in [0.25, 0.3) is 0 Å². The Morgan fingerprint density at radius 2 is 1.31 bits per heavy atom. The molecule has 4 nitrogen and oxygen atoms in total. The van der Waals surface area contributed by atoms with E-state index in [0.717, 1.165) is 5.56 Å². The highest BCUT2D eigenvalue weighted by molar-refractivity contribution is 7.97. The Kier molecular flexibility index (Phi) is 8.10. The molecule has 0 atom stereocenters. The lowest BCUT2D eigenvalue weighted by Crippen LogP contribution is -2.26. The second-order valence-electron chi connectivity index (χ2n) is 8.68. The van der Waals surface area contributed by atoms with Gasteiger partial charge in [-0.1, -0.05) is 48.5 Å². The molecule has 0 unspecified atom stereocenters. The lowest BCUT2D eigenvalue weighted by Gasteiger charge is -2.25. The van der Waals surface area contributed by atoms with Crippen LogP contribution in [0.1, 0.15) is 31.4 Å². The molecule has 0 bridgehead atoms. The Morgan fingerprint density at radius 3 is 1.83 bits per heavy atom. The zero-order chi connectivity index (χ0) is 25.4. The first-order valence-corrected chi connectivity index (χ1v) is 13.0. The topological polar surface area (TPSA) is 59.3 Å². The van der Waals surface area contributed by atoms with Crippen LogP contribution in [0.5, 0.6) is 5.75 Å². The highest BCUT2D eigenvalue weighted by atomic mass is 32.2. The van der Waals surface area contributed by atoms with Gasteiger partial charge < -0.3 is 9.47 Å². The van der Waals surface area contributed by atoms with Crippen LogP contribution < -0.4 is 4.74 Å². The minimum Gasteiger partial charge on any atom is -0.493 e. The summed E-state index contributed by atoms with van der Waals surface area (Å²) in [4.78, 5) is 16.2. The maximum atomic E-state index is 12.4. The Bertz CT molecular complexity index is 1270. The normalized spacial score (nSPS) is 11.1. The van der Waals surface area contributed by atoms with E-state index >= 15 is 0 Å². The SMILES string of the molecule is CC(C)(OC(=O)CCOc1ccc([S+](c2ccccc2)c2ccccc2)cc1)c1ccc(C#N)cc1. The Hall–Kier alpha value is -4.01. The molecule has 0 aromatic heterocycles. The van der Waals surface area contributed by atoms with Crippen molar-refractivity contribution in [3.05, 3.63) is 120 Å². The van der Waals surface area contributed by atoms with Crippen molar-refractivity contribution in [3.63, 3.8) is 0 Å². The van der Waals surface area contributed by atoms with Crippen LogP contribution in [-0.2, 0) is 26.0 Å². The molecule has 4 aromatic carbocycles. The summed E-state index contributed by atoms with van der Waals surface area (Å²) in [5, 5.41) is 8.97. The molecule has 0 spiro atoms. The van der Waals surface area contributed by atoms with Crippen molar-refractivity contribution >= 4 is 16.9 Å². The molecule has 180 valence electrons. The van der Waals surface area contributed by atoms with Crippen molar-refractivity contribution in [2.45, 2.75) is 40.6 Å². The van der Waals surface area contributed by atoms with Gasteiger partial charge in [0.15, 0.2) is 14.7 Å². The number of carbonyl (C=O) groups excluding carboxylic acids is 1. The van der Waals surface area contributed by atoms with E-state index < -0.39 is 5.60 Å². The summed E-state index contributed by atoms with van der Waals surface area (Å²) < 4.78 is 11.5. The smallest absolute Gasteiger partial charge is 0.310 e. The fourth-order valence-electron chi connectivity index (χ4n) is 3.79. The molecule has 0 saturated heterocycles. The predicted octanol–water partition coefficient (Wildman–Crippen LogP) is 6.90. The molecule has 0 aliphatic carbocycles. The minimum absolute atomic E-state index is 0.139. The van der Waals surface area contributed by atoms with Crippen molar-refractivity contribution in [1.29, 1.82) is 5.26 Å². The molecule has 0 aliphatic rings. The number of hydrogen-bond acceptors (Lipinski definition) is 4. The third kappa shape index (κ3) is 6.35. The van der Waals surface area contributed by atoms with Crippen molar-refractivity contribution in [3.8, 4) is 11.8 Å². The average molecular weight is 495 g/mol. The number of hydrogen-bond donors (Lipinski definition) is 0. The average Bonchev–Trinajstić information content (AvgIpc) is 2.91. The Balaban J connectivity index is 1.36. The van der Waals surface area contributed by atoms with E-state index in [9.17, 15) is 4.79 Å². The van der Waals surface area contributed by atoms with E-state index in [2.05, 4.69) is 66.7 Å². The summed E-state index contributed by atoms with van der Waals surface area (Å²) in [6.45, 7) is 3.90. The number of nitriles is 1. The second-order valence-corrected chi connectivity index (χ2v) is 10.7. The molecule has 36 heavy (non-hydrogen) atoms. The number of nitrogens with zero attached hydrogens (tertiary/aromatic N) is 1. The lowest BCUT2D eigenvalue weighted by atomic mass is 9.97. The summed E-state index contributed by atoms with van der Waals surface area (Å²) in [6.07, 6.45) is 0.139. The predicted molar refractivity (Wildman–Crippen MR) is 142 cm³/mol. The molecule has 0 N–H and O–H groups in total. The van der Waals surface area contributed by atoms with E-state index in [-0.39, 0.29) is 29.9 Å². The number of esters is 1. The summed E-state index contributed by atoms with van der Waals surface area (Å²) in [7, 11) is -0.215. The van der Waals surface area contributed by atoms with E-state index in [0.29, 0.717) is 11.3 Å². The van der Waals surface area contributed by atoms with E-state index in [1.54, 1.807) is 12.1 Å².